The van der Waals surface area contributed by atoms with Crippen LogP contribution in [0.1, 0.15) is 67.0 Å². The summed E-state index contributed by atoms with van der Waals surface area (Å²) in [4.78, 5) is 17.7. The number of carbonyl (C=O) groups is 1. The summed E-state index contributed by atoms with van der Waals surface area (Å²) >= 11 is 1.80. The summed E-state index contributed by atoms with van der Waals surface area (Å²) in [6.45, 7) is 2.89. The summed E-state index contributed by atoms with van der Waals surface area (Å²) in [6.07, 6.45) is -14.6. The molecule has 1 aromatic carbocycles. The van der Waals surface area contributed by atoms with Crippen LogP contribution in [0.5, 0.6) is 0 Å². The van der Waals surface area contributed by atoms with E-state index in [-0.39, 0.29) is 23.5 Å². The van der Waals surface area contributed by atoms with Gasteiger partial charge in [-0.05, 0) is 61.8 Å². The summed E-state index contributed by atoms with van der Waals surface area (Å²) in [7, 11) is 0. The molecule has 0 bridgehead atoms. The number of pyridine rings is 1. The average molecular weight is 616 g/mol. The molecule has 1 N–H and O–H groups in total. The van der Waals surface area contributed by atoms with E-state index < -0.39 is 65.6 Å². The van der Waals surface area contributed by atoms with E-state index in [4.69, 9.17) is 4.74 Å². The molecule has 4 rings (SSSR count). The highest BCUT2D eigenvalue weighted by Gasteiger charge is 2.44. The predicted octanol–water partition coefficient (Wildman–Crippen LogP) is 8.31. The SMILES string of the molecule is CCC1CC(Nc2ncc(C(F)(F)F)cc2CN2C(=O)O[C@H](c3cc(C(F)(F)F)cc(C(F)(F)F)c3)[C@@H]2C)CCS1. The van der Waals surface area contributed by atoms with Gasteiger partial charge in [0.05, 0.1) is 29.3 Å². The summed E-state index contributed by atoms with van der Waals surface area (Å²) in [5.41, 5.74) is -4.78. The lowest BCUT2D eigenvalue weighted by Gasteiger charge is -2.30. The van der Waals surface area contributed by atoms with Crippen LogP contribution < -0.4 is 5.32 Å². The van der Waals surface area contributed by atoms with Gasteiger partial charge in [0.25, 0.3) is 0 Å². The van der Waals surface area contributed by atoms with Gasteiger partial charge in [0.15, 0.2) is 0 Å². The van der Waals surface area contributed by atoms with Gasteiger partial charge in [-0.3, -0.25) is 4.90 Å². The number of hydrogen-bond donors (Lipinski definition) is 1. The van der Waals surface area contributed by atoms with Crippen LogP contribution in [0.4, 0.5) is 50.1 Å². The van der Waals surface area contributed by atoms with Crippen molar-refractivity contribution in [2.75, 3.05) is 11.1 Å². The van der Waals surface area contributed by atoms with Crippen molar-refractivity contribution in [1.82, 2.24) is 9.88 Å². The first-order chi connectivity index (χ1) is 19.0. The Morgan fingerprint density at radius 1 is 0.976 bits per heavy atom. The van der Waals surface area contributed by atoms with E-state index in [0.29, 0.717) is 23.6 Å². The number of aromatic nitrogens is 1. The number of benzene rings is 1. The minimum Gasteiger partial charge on any atom is -0.439 e. The monoisotopic (exact) mass is 615 g/mol. The molecule has 5 nitrogen and oxygen atoms in total. The lowest BCUT2D eigenvalue weighted by atomic mass is 9.97. The smallest absolute Gasteiger partial charge is 0.417 e. The van der Waals surface area contributed by atoms with Crippen LogP contribution >= 0.6 is 11.8 Å². The number of ether oxygens (including phenoxy) is 1. The highest BCUT2D eigenvalue weighted by molar-refractivity contribution is 7.99. The third kappa shape index (κ3) is 7.15. The van der Waals surface area contributed by atoms with Crippen LogP contribution in [-0.4, -0.2) is 39.1 Å². The van der Waals surface area contributed by atoms with Gasteiger partial charge in [-0.1, -0.05) is 6.92 Å². The van der Waals surface area contributed by atoms with E-state index in [1.807, 2.05) is 6.92 Å². The van der Waals surface area contributed by atoms with E-state index >= 15 is 0 Å². The van der Waals surface area contributed by atoms with E-state index in [2.05, 4.69) is 10.3 Å². The number of nitrogens with one attached hydrogen (secondary N) is 1. The van der Waals surface area contributed by atoms with Gasteiger partial charge in [-0.15, -0.1) is 0 Å². The molecule has 2 aromatic rings. The second-order valence-electron chi connectivity index (χ2n) is 10.0. The molecule has 2 fully saturated rings. The molecule has 226 valence electrons. The molecule has 2 aliphatic heterocycles. The fraction of sp³-hybridized carbons (Fsp3) is 0.538. The highest BCUT2D eigenvalue weighted by Crippen LogP contribution is 2.42. The first kappa shape index (κ1) is 31.1. The van der Waals surface area contributed by atoms with Crippen molar-refractivity contribution in [3.63, 3.8) is 0 Å². The molecule has 0 saturated carbocycles. The Balaban J connectivity index is 1.65. The number of thioether (sulfide) groups is 1. The molecular weight excluding hydrogens is 589 g/mol. The van der Waals surface area contributed by atoms with Crippen molar-refractivity contribution >= 4 is 23.7 Å². The van der Waals surface area contributed by atoms with Crippen molar-refractivity contribution in [2.24, 2.45) is 0 Å². The van der Waals surface area contributed by atoms with Crippen molar-refractivity contribution in [1.29, 1.82) is 0 Å². The molecule has 0 radical (unpaired) electrons. The van der Waals surface area contributed by atoms with Crippen LogP contribution in [0.3, 0.4) is 0 Å². The van der Waals surface area contributed by atoms with Crippen molar-refractivity contribution in [2.45, 2.75) is 81.6 Å². The van der Waals surface area contributed by atoms with Crippen LogP contribution in [0.2, 0.25) is 0 Å². The first-order valence-corrected chi connectivity index (χ1v) is 13.7. The molecule has 4 atom stereocenters. The number of rotatable bonds is 6. The molecular formula is C26H26F9N3O2S. The number of halogens is 9. The van der Waals surface area contributed by atoms with Gasteiger partial charge < -0.3 is 10.1 Å². The fourth-order valence-corrected chi connectivity index (χ4v) is 6.25. The van der Waals surface area contributed by atoms with Gasteiger partial charge in [-0.25, -0.2) is 9.78 Å². The lowest BCUT2D eigenvalue weighted by Crippen LogP contribution is -2.33. The quantitative estimate of drug-likeness (QED) is 0.332. The second kappa shape index (κ2) is 11.4. The summed E-state index contributed by atoms with van der Waals surface area (Å²) in [6, 6.07) is 0.510. The topological polar surface area (TPSA) is 54.5 Å². The minimum atomic E-state index is -5.11. The zero-order chi connectivity index (χ0) is 30.3. The number of carbonyl (C=O) groups excluding carboxylic acids is 1. The number of alkyl halides is 9. The number of amides is 1. The minimum absolute atomic E-state index is 0.0180. The maximum Gasteiger partial charge on any atom is 0.417 e. The summed E-state index contributed by atoms with van der Waals surface area (Å²) in [5.74, 6) is 0.937. The Morgan fingerprint density at radius 2 is 1.59 bits per heavy atom. The molecule has 1 amide bonds. The van der Waals surface area contributed by atoms with Crippen molar-refractivity contribution < 1.29 is 49.0 Å². The maximum atomic E-state index is 13.5. The molecule has 2 aliphatic rings. The Kier molecular flexibility index (Phi) is 8.68. The molecule has 0 spiro atoms. The van der Waals surface area contributed by atoms with Crippen LogP contribution in [0.15, 0.2) is 30.5 Å². The molecule has 2 unspecified atom stereocenters. The number of cyclic esters (lactones) is 1. The molecule has 0 aliphatic carbocycles. The Labute approximate surface area is 233 Å². The van der Waals surface area contributed by atoms with Gasteiger partial charge in [-0.2, -0.15) is 51.3 Å². The van der Waals surface area contributed by atoms with E-state index in [1.54, 1.807) is 11.8 Å². The van der Waals surface area contributed by atoms with Gasteiger partial charge in [0.1, 0.15) is 11.9 Å². The van der Waals surface area contributed by atoms with Gasteiger partial charge in [0.2, 0.25) is 0 Å². The largest absolute Gasteiger partial charge is 0.439 e. The first-order valence-electron chi connectivity index (χ1n) is 12.7. The van der Waals surface area contributed by atoms with E-state index in [0.717, 1.165) is 36.0 Å². The van der Waals surface area contributed by atoms with Gasteiger partial charge in [0, 0.05) is 23.1 Å². The summed E-state index contributed by atoms with van der Waals surface area (Å²) in [5, 5.41) is 3.52. The Morgan fingerprint density at radius 3 is 2.15 bits per heavy atom. The summed E-state index contributed by atoms with van der Waals surface area (Å²) < 4.78 is 126. The van der Waals surface area contributed by atoms with Crippen molar-refractivity contribution in [3.05, 3.63) is 58.3 Å². The van der Waals surface area contributed by atoms with Crippen LogP contribution in [0.25, 0.3) is 0 Å². The molecule has 1 aromatic heterocycles. The maximum absolute atomic E-state index is 13.5. The standard InChI is InChI=1S/C26H26F9N3O2S/c1-3-20-10-19(4-5-41-20)37-22-15(8-18(11-36-22)26(33,34)35)12-38-13(2)21(40-23(38)39)14-6-16(24(27,28)29)9-17(7-14)25(30,31)32/h6-9,11,13,19-21H,3-5,10,12H2,1-2H3,(H,36,37)/t13-,19?,20?,21-/m0/s1. The normalized spacial score (nSPS) is 24.0. The van der Waals surface area contributed by atoms with E-state index in [9.17, 15) is 44.3 Å². The van der Waals surface area contributed by atoms with Crippen LogP contribution in [0, 0.1) is 0 Å². The highest BCUT2D eigenvalue weighted by atomic mass is 32.2. The molecule has 41 heavy (non-hydrogen) atoms. The van der Waals surface area contributed by atoms with Crippen molar-refractivity contribution in [3.8, 4) is 0 Å². The van der Waals surface area contributed by atoms with Gasteiger partial charge >= 0.3 is 24.6 Å². The Hall–Kier alpha value is -2.84. The molecule has 2 saturated heterocycles. The molecule has 15 heteroatoms. The number of hydrogen-bond acceptors (Lipinski definition) is 5. The Bertz CT molecular complexity index is 1230. The third-order valence-electron chi connectivity index (χ3n) is 7.13. The fourth-order valence-electron chi connectivity index (χ4n) is 4.89. The average Bonchev–Trinajstić information content (AvgIpc) is 3.16. The predicted molar refractivity (Wildman–Crippen MR) is 133 cm³/mol. The second-order valence-corrected chi connectivity index (χ2v) is 11.4. The zero-order valence-electron chi connectivity index (χ0n) is 21.8. The lowest BCUT2D eigenvalue weighted by molar-refractivity contribution is -0.143. The molecule has 3 heterocycles. The zero-order valence-corrected chi connectivity index (χ0v) is 22.6. The third-order valence-corrected chi connectivity index (χ3v) is 8.60. The van der Waals surface area contributed by atoms with Crippen LogP contribution in [-0.2, 0) is 29.8 Å². The number of nitrogens with zero attached hydrogens (tertiary/aromatic N) is 2. The van der Waals surface area contributed by atoms with E-state index in [1.165, 1.54) is 6.92 Å². The number of anilines is 1.